The van der Waals surface area contributed by atoms with Gasteiger partial charge in [0.1, 0.15) is 5.69 Å². The van der Waals surface area contributed by atoms with Crippen LogP contribution in [0.15, 0.2) is 30.6 Å². The van der Waals surface area contributed by atoms with Gasteiger partial charge in [-0.05, 0) is 37.0 Å². The Bertz CT molecular complexity index is 608. The average molecular weight is 269 g/mol. The quantitative estimate of drug-likeness (QED) is 0.906. The van der Waals surface area contributed by atoms with E-state index < -0.39 is 0 Å². The summed E-state index contributed by atoms with van der Waals surface area (Å²) < 4.78 is 5.31. The molecule has 1 aromatic carbocycles. The second-order valence-corrected chi connectivity index (χ2v) is 5.22. The first-order valence-corrected chi connectivity index (χ1v) is 6.96. The fraction of sp³-hybridized carbons (Fsp3) is 0.375. The lowest BCUT2D eigenvalue weighted by atomic mass is 10.0. The zero-order valence-corrected chi connectivity index (χ0v) is 11.9. The highest BCUT2D eigenvalue weighted by molar-refractivity contribution is 5.68. The molecule has 0 atom stereocenters. The largest absolute Gasteiger partial charge is 0.479 e. The Morgan fingerprint density at radius 2 is 2.05 bits per heavy atom. The normalized spacial score (nSPS) is 14.3. The van der Waals surface area contributed by atoms with Crippen LogP contribution in [0.1, 0.15) is 24.0 Å². The van der Waals surface area contributed by atoms with Gasteiger partial charge in [-0.3, -0.25) is 0 Å². The van der Waals surface area contributed by atoms with E-state index in [0.29, 0.717) is 11.9 Å². The topological polar surface area (TPSA) is 47.0 Å². The van der Waals surface area contributed by atoms with Gasteiger partial charge in [-0.15, -0.1) is 0 Å². The number of rotatable bonds is 5. The summed E-state index contributed by atoms with van der Waals surface area (Å²) >= 11 is 0. The van der Waals surface area contributed by atoms with Crippen LogP contribution in [-0.2, 0) is 6.54 Å². The summed E-state index contributed by atoms with van der Waals surface area (Å²) in [5, 5.41) is 3.53. The molecule has 0 spiro atoms. The molecular formula is C16H19N3O. The van der Waals surface area contributed by atoms with Crippen LogP contribution in [0, 0.1) is 6.92 Å². The lowest BCUT2D eigenvalue weighted by molar-refractivity contribution is 0.397. The highest BCUT2D eigenvalue weighted by atomic mass is 16.5. The summed E-state index contributed by atoms with van der Waals surface area (Å²) in [5.74, 6) is 0.572. The van der Waals surface area contributed by atoms with Gasteiger partial charge in [0, 0.05) is 30.5 Å². The molecule has 4 heteroatoms. The van der Waals surface area contributed by atoms with Gasteiger partial charge < -0.3 is 10.1 Å². The van der Waals surface area contributed by atoms with E-state index in [0.717, 1.165) is 17.8 Å². The minimum Gasteiger partial charge on any atom is -0.479 e. The zero-order valence-electron chi connectivity index (χ0n) is 11.9. The van der Waals surface area contributed by atoms with Crippen LogP contribution in [-0.4, -0.2) is 23.1 Å². The molecule has 0 amide bonds. The smallest absolute Gasteiger partial charge is 0.240 e. The molecule has 0 aliphatic heterocycles. The van der Waals surface area contributed by atoms with Crippen molar-refractivity contribution in [1.82, 2.24) is 15.3 Å². The van der Waals surface area contributed by atoms with Crippen LogP contribution in [0.4, 0.5) is 0 Å². The van der Waals surface area contributed by atoms with Crippen LogP contribution in [0.5, 0.6) is 5.88 Å². The first kappa shape index (κ1) is 13.1. The van der Waals surface area contributed by atoms with Gasteiger partial charge >= 0.3 is 0 Å². The Morgan fingerprint density at radius 1 is 1.25 bits per heavy atom. The van der Waals surface area contributed by atoms with E-state index in [1.54, 1.807) is 19.5 Å². The molecule has 1 fully saturated rings. The number of methoxy groups -OCH3 is 1. The molecule has 4 nitrogen and oxygen atoms in total. The predicted octanol–water partition coefficient (Wildman–Crippen LogP) is 2.71. The Labute approximate surface area is 119 Å². The number of aryl methyl sites for hydroxylation is 1. The zero-order chi connectivity index (χ0) is 13.9. The monoisotopic (exact) mass is 269 g/mol. The molecule has 3 rings (SSSR count). The van der Waals surface area contributed by atoms with Crippen LogP contribution < -0.4 is 10.1 Å². The third kappa shape index (κ3) is 2.80. The molecule has 1 saturated carbocycles. The SMILES string of the molecule is COc1nccnc1-c1cc(CNC2CC2)ccc1C. The first-order valence-electron chi connectivity index (χ1n) is 6.96. The van der Waals surface area contributed by atoms with Gasteiger partial charge in [-0.25, -0.2) is 9.97 Å². The minimum absolute atomic E-state index is 0.572. The lowest BCUT2D eigenvalue weighted by Crippen LogP contribution is -2.15. The Morgan fingerprint density at radius 3 is 2.80 bits per heavy atom. The molecule has 0 unspecified atom stereocenters. The number of hydrogen-bond acceptors (Lipinski definition) is 4. The van der Waals surface area contributed by atoms with Crippen molar-refractivity contribution < 1.29 is 4.74 Å². The van der Waals surface area contributed by atoms with E-state index in [4.69, 9.17) is 4.74 Å². The van der Waals surface area contributed by atoms with Gasteiger partial charge in [0.2, 0.25) is 5.88 Å². The van der Waals surface area contributed by atoms with E-state index >= 15 is 0 Å². The van der Waals surface area contributed by atoms with Gasteiger partial charge in [0.05, 0.1) is 7.11 Å². The summed E-state index contributed by atoms with van der Waals surface area (Å²) in [6.07, 6.45) is 5.95. The second kappa shape index (κ2) is 5.59. The number of ether oxygens (including phenoxy) is 1. The van der Waals surface area contributed by atoms with Crippen molar-refractivity contribution in [2.75, 3.05) is 7.11 Å². The molecule has 104 valence electrons. The van der Waals surface area contributed by atoms with Gasteiger partial charge in [-0.1, -0.05) is 12.1 Å². The third-order valence-corrected chi connectivity index (χ3v) is 3.59. The maximum atomic E-state index is 5.31. The van der Waals surface area contributed by atoms with Crippen LogP contribution in [0.3, 0.4) is 0 Å². The molecular weight excluding hydrogens is 250 g/mol. The van der Waals surface area contributed by atoms with Crippen LogP contribution in [0.25, 0.3) is 11.3 Å². The number of aromatic nitrogens is 2. The minimum atomic E-state index is 0.572. The maximum Gasteiger partial charge on any atom is 0.240 e. The predicted molar refractivity (Wildman–Crippen MR) is 78.6 cm³/mol. The molecule has 0 radical (unpaired) electrons. The van der Waals surface area contributed by atoms with Crippen molar-refractivity contribution in [3.63, 3.8) is 0 Å². The Hall–Kier alpha value is -1.94. The van der Waals surface area contributed by atoms with Crippen molar-refractivity contribution in [3.8, 4) is 17.1 Å². The van der Waals surface area contributed by atoms with Crippen molar-refractivity contribution in [2.24, 2.45) is 0 Å². The number of nitrogens with zero attached hydrogens (tertiary/aromatic N) is 2. The number of nitrogens with one attached hydrogen (secondary N) is 1. The maximum absolute atomic E-state index is 5.31. The van der Waals surface area contributed by atoms with Gasteiger partial charge in [-0.2, -0.15) is 0 Å². The van der Waals surface area contributed by atoms with Crippen molar-refractivity contribution in [2.45, 2.75) is 32.4 Å². The Kier molecular flexibility index (Phi) is 3.65. The molecule has 1 aliphatic carbocycles. The third-order valence-electron chi connectivity index (χ3n) is 3.59. The molecule has 1 aliphatic rings. The molecule has 1 aromatic heterocycles. The molecule has 0 bridgehead atoms. The Balaban J connectivity index is 1.92. The second-order valence-electron chi connectivity index (χ2n) is 5.22. The molecule has 1 heterocycles. The van der Waals surface area contributed by atoms with Gasteiger partial charge in [0.25, 0.3) is 0 Å². The number of benzene rings is 1. The van der Waals surface area contributed by atoms with E-state index in [-0.39, 0.29) is 0 Å². The van der Waals surface area contributed by atoms with Crippen LogP contribution in [0.2, 0.25) is 0 Å². The lowest BCUT2D eigenvalue weighted by Gasteiger charge is -2.11. The van der Waals surface area contributed by atoms with E-state index in [9.17, 15) is 0 Å². The van der Waals surface area contributed by atoms with E-state index in [2.05, 4.69) is 40.4 Å². The summed E-state index contributed by atoms with van der Waals surface area (Å²) in [5.41, 5.74) is 4.34. The van der Waals surface area contributed by atoms with Gasteiger partial charge in [0.15, 0.2) is 0 Å². The summed E-state index contributed by atoms with van der Waals surface area (Å²) in [7, 11) is 1.63. The summed E-state index contributed by atoms with van der Waals surface area (Å²) in [6, 6.07) is 7.19. The van der Waals surface area contributed by atoms with E-state index in [1.807, 2.05) is 0 Å². The van der Waals surface area contributed by atoms with Crippen molar-refractivity contribution in [1.29, 1.82) is 0 Å². The fourth-order valence-electron chi connectivity index (χ4n) is 2.24. The molecule has 2 aromatic rings. The van der Waals surface area contributed by atoms with Crippen molar-refractivity contribution in [3.05, 3.63) is 41.7 Å². The summed E-state index contributed by atoms with van der Waals surface area (Å²) in [4.78, 5) is 8.65. The summed E-state index contributed by atoms with van der Waals surface area (Å²) in [6.45, 7) is 2.99. The molecule has 1 N–H and O–H groups in total. The molecule has 20 heavy (non-hydrogen) atoms. The van der Waals surface area contributed by atoms with E-state index in [1.165, 1.54) is 24.0 Å². The first-order chi connectivity index (χ1) is 9.78. The number of hydrogen-bond donors (Lipinski definition) is 1. The van der Waals surface area contributed by atoms with Crippen LogP contribution >= 0.6 is 0 Å². The molecule has 0 saturated heterocycles. The van der Waals surface area contributed by atoms with Crippen molar-refractivity contribution >= 4 is 0 Å². The highest BCUT2D eigenvalue weighted by Gasteiger charge is 2.20. The highest BCUT2D eigenvalue weighted by Crippen LogP contribution is 2.29. The fourth-order valence-corrected chi connectivity index (χ4v) is 2.24. The average Bonchev–Trinajstić information content (AvgIpc) is 3.30. The standard InChI is InChI=1S/C16H19N3O/c1-11-3-4-12(10-19-13-5-6-13)9-14(11)15-16(20-2)18-8-7-17-15/h3-4,7-9,13,19H,5-6,10H2,1-2H3.